The second-order valence-electron chi connectivity index (χ2n) is 1.11. The molecule has 0 atom stereocenters. The van der Waals surface area contributed by atoms with E-state index in [1.807, 2.05) is 5.48 Å². The predicted octanol–water partition coefficient (Wildman–Crippen LogP) is 0.700. The maximum absolute atomic E-state index is 11.1. The zero-order chi connectivity index (χ0) is 6.62. The molecule has 2 nitrogen and oxygen atoms in total. The van der Waals surface area contributed by atoms with Crippen LogP contribution < -0.4 is 5.48 Å². The summed E-state index contributed by atoms with van der Waals surface area (Å²) < 4.78 is 33.2. The number of alkyl halides is 3. The van der Waals surface area contributed by atoms with Crippen molar-refractivity contribution in [2.24, 2.45) is 0 Å². The van der Waals surface area contributed by atoms with Gasteiger partial charge < -0.3 is 0 Å². The van der Waals surface area contributed by atoms with E-state index in [1.165, 1.54) is 7.05 Å². The van der Waals surface area contributed by atoms with Crippen LogP contribution in [0.25, 0.3) is 0 Å². The quantitative estimate of drug-likeness (QED) is 0.554. The van der Waals surface area contributed by atoms with Crippen LogP contribution in [-0.2, 0) is 4.84 Å². The lowest BCUT2D eigenvalue weighted by Crippen LogP contribution is -2.21. The van der Waals surface area contributed by atoms with E-state index in [2.05, 4.69) is 4.84 Å². The number of halogens is 3. The van der Waals surface area contributed by atoms with E-state index in [0.717, 1.165) is 0 Å². The van der Waals surface area contributed by atoms with Crippen molar-refractivity contribution in [3.63, 3.8) is 0 Å². The van der Waals surface area contributed by atoms with Gasteiger partial charge in [0, 0.05) is 7.05 Å². The Morgan fingerprint density at radius 2 is 2.00 bits per heavy atom. The van der Waals surface area contributed by atoms with Crippen LogP contribution in [-0.4, -0.2) is 19.8 Å². The molecule has 0 aliphatic carbocycles. The van der Waals surface area contributed by atoms with Gasteiger partial charge in [-0.3, -0.25) is 4.84 Å². The molecule has 0 aromatic carbocycles. The molecule has 8 heavy (non-hydrogen) atoms. The smallest absolute Gasteiger partial charge is 0.293 e. The first-order valence-electron chi connectivity index (χ1n) is 1.91. The molecule has 0 aromatic rings. The van der Waals surface area contributed by atoms with Crippen LogP contribution in [0.2, 0.25) is 0 Å². The van der Waals surface area contributed by atoms with Crippen molar-refractivity contribution >= 4 is 0 Å². The summed E-state index contributed by atoms with van der Waals surface area (Å²) in [5, 5.41) is 0. The molecule has 0 fully saturated rings. The average Bonchev–Trinajstić information content (AvgIpc) is 1.59. The van der Waals surface area contributed by atoms with Crippen LogP contribution in [0.5, 0.6) is 0 Å². The van der Waals surface area contributed by atoms with Gasteiger partial charge in [-0.1, -0.05) is 0 Å². The zero-order valence-corrected chi connectivity index (χ0v) is 4.25. The molecular formula is C3H6F3NO. The lowest BCUT2D eigenvalue weighted by molar-refractivity contribution is -0.187. The predicted molar refractivity (Wildman–Crippen MR) is 21.1 cm³/mol. The van der Waals surface area contributed by atoms with Gasteiger partial charge in [-0.15, -0.1) is 0 Å². The summed E-state index contributed by atoms with van der Waals surface area (Å²) in [6, 6.07) is 0. The Bertz CT molecular complexity index is 62.0. The van der Waals surface area contributed by atoms with Crippen molar-refractivity contribution in [1.82, 2.24) is 5.48 Å². The first kappa shape index (κ1) is 7.71. The lowest BCUT2D eigenvalue weighted by atomic mass is 10.7. The fraction of sp³-hybridized carbons (Fsp3) is 1.00. The molecule has 0 aromatic heterocycles. The third-order valence-electron chi connectivity index (χ3n) is 0.380. The van der Waals surface area contributed by atoms with E-state index in [9.17, 15) is 13.2 Å². The molecule has 0 spiro atoms. The Morgan fingerprint density at radius 1 is 1.50 bits per heavy atom. The molecule has 0 amide bonds. The molecule has 0 aliphatic rings. The molecule has 0 radical (unpaired) electrons. The Morgan fingerprint density at radius 3 is 2.12 bits per heavy atom. The highest BCUT2D eigenvalue weighted by Crippen LogP contribution is 2.13. The van der Waals surface area contributed by atoms with Gasteiger partial charge in [0.25, 0.3) is 0 Å². The molecule has 5 heteroatoms. The van der Waals surface area contributed by atoms with E-state index in [1.54, 1.807) is 0 Å². The third-order valence-corrected chi connectivity index (χ3v) is 0.380. The number of hydrogen-bond donors (Lipinski definition) is 1. The highest BCUT2D eigenvalue weighted by molar-refractivity contribution is 4.42. The minimum absolute atomic E-state index is 1.25. The molecular weight excluding hydrogens is 123 g/mol. The van der Waals surface area contributed by atoms with Crippen LogP contribution in [0, 0.1) is 0 Å². The topological polar surface area (TPSA) is 21.3 Å². The Kier molecular flexibility index (Phi) is 2.78. The summed E-state index contributed by atoms with van der Waals surface area (Å²) in [4.78, 5) is 3.82. The maximum Gasteiger partial charge on any atom is 0.413 e. The van der Waals surface area contributed by atoms with Gasteiger partial charge in [-0.25, -0.2) is 5.48 Å². The summed E-state index contributed by atoms with van der Waals surface area (Å²) in [5.74, 6) is 0. The SMILES string of the molecule is CNOCC(F)(F)F. The van der Waals surface area contributed by atoms with Gasteiger partial charge in [0.2, 0.25) is 0 Å². The molecule has 1 N–H and O–H groups in total. The Hall–Kier alpha value is -0.290. The van der Waals surface area contributed by atoms with Crippen molar-refractivity contribution < 1.29 is 18.0 Å². The highest BCUT2D eigenvalue weighted by atomic mass is 19.4. The number of nitrogens with one attached hydrogen (secondary N) is 1. The Labute approximate surface area is 44.6 Å². The number of rotatable bonds is 2. The molecule has 0 saturated carbocycles. The van der Waals surface area contributed by atoms with Gasteiger partial charge >= 0.3 is 6.18 Å². The fourth-order valence-corrected chi connectivity index (χ4v) is 0.154. The largest absolute Gasteiger partial charge is 0.413 e. The van der Waals surface area contributed by atoms with Crippen LogP contribution in [0.1, 0.15) is 0 Å². The van der Waals surface area contributed by atoms with E-state index in [0.29, 0.717) is 0 Å². The number of hydrogen-bond acceptors (Lipinski definition) is 2. The maximum atomic E-state index is 11.1. The standard InChI is InChI=1S/C3H6F3NO/c1-7-8-2-3(4,5)6/h7H,2H2,1H3. The van der Waals surface area contributed by atoms with E-state index in [-0.39, 0.29) is 0 Å². The molecule has 0 unspecified atom stereocenters. The summed E-state index contributed by atoms with van der Waals surface area (Å²) in [6.07, 6.45) is -4.23. The van der Waals surface area contributed by atoms with E-state index >= 15 is 0 Å². The van der Waals surface area contributed by atoms with Crippen molar-refractivity contribution in [2.45, 2.75) is 6.18 Å². The highest BCUT2D eigenvalue weighted by Gasteiger charge is 2.27. The van der Waals surface area contributed by atoms with Gasteiger partial charge in [-0.2, -0.15) is 13.2 Å². The van der Waals surface area contributed by atoms with Crippen molar-refractivity contribution in [3.05, 3.63) is 0 Å². The average molecular weight is 129 g/mol. The van der Waals surface area contributed by atoms with E-state index in [4.69, 9.17) is 0 Å². The Balaban J connectivity index is 3.11. The van der Waals surface area contributed by atoms with Crippen LogP contribution in [0.15, 0.2) is 0 Å². The van der Waals surface area contributed by atoms with Gasteiger partial charge in [0.1, 0.15) is 0 Å². The molecule has 0 rings (SSSR count). The van der Waals surface area contributed by atoms with Gasteiger partial charge in [-0.05, 0) is 0 Å². The zero-order valence-electron chi connectivity index (χ0n) is 4.25. The first-order chi connectivity index (χ1) is 3.56. The van der Waals surface area contributed by atoms with Crippen molar-refractivity contribution in [1.29, 1.82) is 0 Å². The second-order valence-corrected chi connectivity index (χ2v) is 1.11. The summed E-state index contributed by atoms with van der Waals surface area (Å²) in [7, 11) is 1.27. The molecule has 0 bridgehead atoms. The monoisotopic (exact) mass is 129 g/mol. The second kappa shape index (κ2) is 2.88. The summed E-state index contributed by atoms with van der Waals surface area (Å²) >= 11 is 0. The molecule has 0 heterocycles. The van der Waals surface area contributed by atoms with Gasteiger partial charge in [0.15, 0.2) is 6.61 Å². The first-order valence-corrected chi connectivity index (χ1v) is 1.91. The molecule has 0 saturated heterocycles. The van der Waals surface area contributed by atoms with Crippen LogP contribution in [0.4, 0.5) is 13.2 Å². The van der Waals surface area contributed by atoms with Crippen LogP contribution in [0.3, 0.4) is 0 Å². The van der Waals surface area contributed by atoms with Crippen molar-refractivity contribution in [3.8, 4) is 0 Å². The summed E-state index contributed by atoms with van der Waals surface area (Å²) in [5.41, 5.74) is 1.90. The van der Waals surface area contributed by atoms with Crippen molar-refractivity contribution in [2.75, 3.05) is 13.7 Å². The minimum Gasteiger partial charge on any atom is -0.293 e. The molecule has 50 valence electrons. The lowest BCUT2D eigenvalue weighted by Gasteiger charge is -2.03. The van der Waals surface area contributed by atoms with Gasteiger partial charge in [0.05, 0.1) is 0 Å². The normalized spacial score (nSPS) is 12.0. The molecule has 0 aliphatic heterocycles. The summed E-state index contributed by atoms with van der Waals surface area (Å²) in [6.45, 7) is -1.25. The van der Waals surface area contributed by atoms with E-state index < -0.39 is 12.8 Å². The third kappa shape index (κ3) is 5.71. The van der Waals surface area contributed by atoms with Crippen LogP contribution >= 0.6 is 0 Å². The fourth-order valence-electron chi connectivity index (χ4n) is 0.154. The number of hydroxylamine groups is 1. The minimum atomic E-state index is -4.23.